The van der Waals surface area contributed by atoms with Crippen molar-refractivity contribution in [3.63, 3.8) is 0 Å². The number of hydrogen-bond acceptors (Lipinski definition) is 5. The van der Waals surface area contributed by atoms with Gasteiger partial charge in [0, 0.05) is 17.5 Å². The fourth-order valence-electron chi connectivity index (χ4n) is 2.69. The number of sulfonamides is 1. The Morgan fingerprint density at radius 2 is 1.85 bits per heavy atom. The zero-order valence-corrected chi connectivity index (χ0v) is 14.5. The lowest BCUT2D eigenvalue weighted by Gasteiger charge is -2.09. The number of nitrogens with zero attached hydrogens (tertiary/aromatic N) is 2. The second-order valence-corrected chi connectivity index (χ2v) is 7.46. The van der Waals surface area contributed by atoms with E-state index in [1.54, 1.807) is 12.1 Å². The summed E-state index contributed by atoms with van der Waals surface area (Å²) in [6.07, 6.45) is 0. The van der Waals surface area contributed by atoms with Crippen LogP contribution >= 0.6 is 11.6 Å². The molecule has 0 bridgehead atoms. The molecule has 4 rings (SSSR count). The van der Waals surface area contributed by atoms with Crippen molar-refractivity contribution in [3.05, 3.63) is 75.3 Å². The van der Waals surface area contributed by atoms with E-state index in [4.69, 9.17) is 16.3 Å². The van der Waals surface area contributed by atoms with E-state index in [1.165, 1.54) is 12.1 Å². The first-order chi connectivity index (χ1) is 12.4. The number of fused-ring (bicyclic) bond motifs is 2. The molecule has 3 aromatic rings. The van der Waals surface area contributed by atoms with Crippen LogP contribution in [0.1, 0.15) is 5.56 Å². The number of ether oxygens (including phenoxy) is 1. The van der Waals surface area contributed by atoms with Gasteiger partial charge in [0.15, 0.2) is 0 Å². The summed E-state index contributed by atoms with van der Waals surface area (Å²) in [6.45, 7) is 0. The van der Waals surface area contributed by atoms with Gasteiger partial charge in [-0.25, -0.2) is 0 Å². The Labute approximate surface area is 152 Å². The van der Waals surface area contributed by atoms with Crippen LogP contribution in [0.2, 0.25) is 5.02 Å². The summed E-state index contributed by atoms with van der Waals surface area (Å²) in [6, 6.07) is 14.3. The van der Waals surface area contributed by atoms with Gasteiger partial charge in [0.2, 0.25) is 5.90 Å². The summed E-state index contributed by atoms with van der Waals surface area (Å²) in [5.41, 5.74) is -0.188. The van der Waals surface area contributed by atoms with Gasteiger partial charge >= 0.3 is 0 Å². The minimum absolute atomic E-state index is 0.153. The molecule has 26 heavy (non-hydrogen) atoms. The van der Waals surface area contributed by atoms with E-state index in [2.05, 4.69) is 4.40 Å². The molecule has 7 nitrogen and oxygen atoms in total. The van der Waals surface area contributed by atoms with Crippen molar-refractivity contribution < 1.29 is 18.1 Å². The molecule has 9 heteroatoms. The van der Waals surface area contributed by atoms with E-state index in [9.17, 15) is 18.5 Å². The Balaban J connectivity index is 1.80. The van der Waals surface area contributed by atoms with Crippen molar-refractivity contribution in [2.75, 3.05) is 0 Å². The molecule has 1 aliphatic heterocycles. The van der Waals surface area contributed by atoms with Crippen LogP contribution in [0.15, 0.2) is 63.9 Å². The average Bonchev–Trinajstić information content (AvgIpc) is 2.87. The van der Waals surface area contributed by atoms with E-state index in [-0.39, 0.29) is 27.8 Å². The van der Waals surface area contributed by atoms with Crippen LogP contribution < -0.4 is 4.74 Å². The first-order valence-electron chi connectivity index (χ1n) is 7.36. The van der Waals surface area contributed by atoms with Crippen LogP contribution in [0.3, 0.4) is 0 Å². The van der Waals surface area contributed by atoms with E-state index in [1.807, 2.05) is 24.3 Å². The molecule has 0 atom stereocenters. The molecule has 130 valence electrons. The summed E-state index contributed by atoms with van der Waals surface area (Å²) >= 11 is 6.37. The summed E-state index contributed by atoms with van der Waals surface area (Å²) in [7, 11) is -4.07. The Morgan fingerprint density at radius 3 is 2.62 bits per heavy atom. The molecule has 0 saturated carbocycles. The lowest BCUT2D eigenvalue weighted by atomic mass is 10.1. The van der Waals surface area contributed by atoms with Crippen LogP contribution in [0.4, 0.5) is 5.69 Å². The molecule has 0 aliphatic carbocycles. The lowest BCUT2D eigenvalue weighted by molar-refractivity contribution is -0.385. The Kier molecular flexibility index (Phi) is 3.67. The van der Waals surface area contributed by atoms with Gasteiger partial charge in [0.25, 0.3) is 15.7 Å². The van der Waals surface area contributed by atoms with Gasteiger partial charge in [-0.3, -0.25) is 10.1 Å². The Bertz CT molecular complexity index is 1220. The molecule has 0 spiro atoms. The highest BCUT2D eigenvalue weighted by Crippen LogP contribution is 2.36. The van der Waals surface area contributed by atoms with Gasteiger partial charge in [-0.1, -0.05) is 41.9 Å². The van der Waals surface area contributed by atoms with Crippen molar-refractivity contribution in [2.45, 2.75) is 4.90 Å². The van der Waals surface area contributed by atoms with E-state index < -0.39 is 14.9 Å². The Morgan fingerprint density at radius 1 is 1.08 bits per heavy atom. The van der Waals surface area contributed by atoms with Crippen LogP contribution in [0.25, 0.3) is 10.8 Å². The van der Waals surface area contributed by atoms with Crippen molar-refractivity contribution in [2.24, 2.45) is 4.40 Å². The van der Waals surface area contributed by atoms with Crippen LogP contribution in [0, 0.1) is 10.1 Å². The second-order valence-electron chi connectivity index (χ2n) is 5.51. The van der Waals surface area contributed by atoms with E-state index in [0.717, 1.165) is 16.8 Å². The monoisotopic (exact) mass is 388 g/mol. The van der Waals surface area contributed by atoms with Crippen LogP contribution in [-0.2, 0) is 10.0 Å². The fourth-order valence-corrected chi connectivity index (χ4v) is 4.12. The maximum Gasteiger partial charge on any atom is 0.286 e. The zero-order chi connectivity index (χ0) is 18.5. The standard InChI is InChI=1S/C17H9ClN2O5S/c18-16-12-4-2-1-3-10(12)5-8-14(16)25-17-13-7-6-11(20(21)22)9-15(13)26(23,24)19-17/h1-9H. The molecule has 0 unspecified atom stereocenters. The minimum atomic E-state index is -4.07. The summed E-state index contributed by atoms with van der Waals surface area (Å²) < 4.78 is 33.6. The SMILES string of the molecule is O=[N+]([O-])c1ccc2c(c1)S(=O)(=O)N=C2Oc1ccc2ccccc2c1Cl. The molecule has 0 radical (unpaired) electrons. The van der Waals surface area contributed by atoms with Crippen molar-refractivity contribution in [3.8, 4) is 5.75 Å². The third-order valence-corrected chi connectivity index (χ3v) is 5.61. The summed E-state index contributed by atoms with van der Waals surface area (Å²) in [5, 5.41) is 12.8. The predicted molar refractivity (Wildman–Crippen MR) is 96.4 cm³/mol. The van der Waals surface area contributed by atoms with Crippen LogP contribution in [-0.4, -0.2) is 19.2 Å². The summed E-state index contributed by atoms with van der Waals surface area (Å²) in [4.78, 5) is 9.94. The van der Waals surface area contributed by atoms with E-state index in [0.29, 0.717) is 5.02 Å². The number of nitro groups is 1. The number of non-ortho nitro benzene ring substituents is 1. The third kappa shape index (κ3) is 2.59. The van der Waals surface area contributed by atoms with Crippen molar-refractivity contribution in [1.29, 1.82) is 0 Å². The highest BCUT2D eigenvalue weighted by atomic mass is 35.5. The van der Waals surface area contributed by atoms with Crippen molar-refractivity contribution >= 4 is 44.0 Å². The van der Waals surface area contributed by atoms with Gasteiger partial charge in [-0.2, -0.15) is 8.42 Å². The summed E-state index contributed by atoms with van der Waals surface area (Å²) in [5.74, 6) is 0.0672. The van der Waals surface area contributed by atoms with E-state index >= 15 is 0 Å². The van der Waals surface area contributed by atoms with Gasteiger partial charge in [0.05, 0.1) is 15.5 Å². The largest absolute Gasteiger partial charge is 0.436 e. The molecular formula is C17H9ClN2O5S. The first kappa shape index (κ1) is 16.5. The topological polar surface area (TPSA) is 98.9 Å². The average molecular weight is 389 g/mol. The van der Waals surface area contributed by atoms with Gasteiger partial charge in [-0.15, -0.1) is 4.40 Å². The van der Waals surface area contributed by atoms with Gasteiger partial charge in [-0.05, 0) is 17.5 Å². The fraction of sp³-hybridized carbons (Fsp3) is 0. The molecule has 0 N–H and O–H groups in total. The highest BCUT2D eigenvalue weighted by molar-refractivity contribution is 7.90. The minimum Gasteiger partial charge on any atom is -0.436 e. The highest BCUT2D eigenvalue weighted by Gasteiger charge is 2.33. The van der Waals surface area contributed by atoms with Gasteiger partial charge in [0.1, 0.15) is 10.6 Å². The quantitative estimate of drug-likeness (QED) is 0.489. The Hall–Kier alpha value is -2.97. The maximum absolute atomic E-state index is 12.2. The lowest BCUT2D eigenvalue weighted by Crippen LogP contribution is -2.08. The number of rotatable bonds is 2. The predicted octanol–water partition coefficient (Wildman–Crippen LogP) is 3.93. The van der Waals surface area contributed by atoms with Gasteiger partial charge < -0.3 is 4.74 Å². The second kappa shape index (κ2) is 5.79. The molecule has 0 aromatic heterocycles. The first-order valence-corrected chi connectivity index (χ1v) is 9.17. The zero-order valence-electron chi connectivity index (χ0n) is 12.9. The number of nitro benzene ring substituents is 1. The molecular weight excluding hydrogens is 380 g/mol. The number of halogens is 1. The molecule has 0 saturated heterocycles. The molecule has 0 fully saturated rings. The van der Waals surface area contributed by atoms with Crippen LogP contribution in [0.5, 0.6) is 5.75 Å². The maximum atomic E-state index is 12.2. The molecule has 1 heterocycles. The molecule has 3 aromatic carbocycles. The normalized spacial score (nSPS) is 14.7. The van der Waals surface area contributed by atoms with Crippen molar-refractivity contribution in [1.82, 2.24) is 0 Å². The smallest absolute Gasteiger partial charge is 0.286 e. The molecule has 0 amide bonds. The third-order valence-electron chi connectivity index (χ3n) is 3.92. The molecule has 1 aliphatic rings. The number of hydrogen-bond donors (Lipinski definition) is 0. The number of benzene rings is 3.